The van der Waals surface area contributed by atoms with Gasteiger partial charge in [0.2, 0.25) is 0 Å². The van der Waals surface area contributed by atoms with E-state index in [4.69, 9.17) is 4.74 Å². The Balaban J connectivity index is 1.12. The predicted molar refractivity (Wildman–Crippen MR) is 213 cm³/mol. The third-order valence-corrected chi connectivity index (χ3v) is 12.1. The summed E-state index contributed by atoms with van der Waals surface area (Å²) in [6, 6.07) is 66.5. The normalized spacial score (nSPS) is 13.4. The van der Waals surface area contributed by atoms with Crippen LogP contribution in [0.3, 0.4) is 0 Å². The smallest absolute Gasteiger partial charge is 0.132 e. The summed E-state index contributed by atoms with van der Waals surface area (Å²) in [6.45, 7) is 0. The lowest BCUT2D eigenvalue weighted by atomic mass is 9.66. The largest absolute Gasteiger partial charge is 0.457 e. The van der Waals surface area contributed by atoms with Crippen LogP contribution in [0, 0.1) is 0 Å². The average Bonchev–Trinajstić information content (AvgIpc) is 3.72. The van der Waals surface area contributed by atoms with Crippen molar-refractivity contribution in [1.29, 1.82) is 0 Å². The topological polar surface area (TPSA) is 9.23 Å². The van der Waals surface area contributed by atoms with E-state index >= 15 is 0 Å². The molecule has 0 unspecified atom stereocenters. The van der Waals surface area contributed by atoms with Crippen LogP contribution >= 0.6 is 11.3 Å². The molecule has 2 aliphatic rings. The maximum absolute atomic E-state index is 6.88. The summed E-state index contributed by atoms with van der Waals surface area (Å²) in [6.07, 6.45) is 0. The van der Waals surface area contributed by atoms with Crippen molar-refractivity contribution in [3.63, 3.8) is 0 Å². The molecule has 51 heavy (non-hydrogen) atoms. The van der Waals surface area contributed by atoms with Crippen molar-refractivity contribution in [2.24, 2.45) is 0 Å². The minimum Gasteiger partial charge on any atom is -0.457 e. The van der Waals surface area contributed by atoms with Gasteiger partial charge in [-0.15, -0.1) is 11.3 Å². The zero-order valence-corrected chi connectivity index (χ0v) is 28.5. The summed E-state index contributed by atoms with van der Waals surface area (Å²) in [4.78, 5) is 0. The Bertz CT molecular complexity index is 2810. The van der Waals surface area contributed by atoms with Gasteiger partial charge in [-0.1, -0.05) is 158 Å². The Morgan fingerprint density at radius 1 is 0.353 bits per heavy atom. The zero-order chi connectivity index (χ0) is 33.5. The number of benzene rings is 8. The number of hydrogen-bond acceptors (Lipinski definition) is 2. The molecule has 0 saturated heterocycles. The van der Waals surface area contributed by atoms with Crippen LogP contribution in [0.25, 0.3) is 64.7 Å². The Morgan fingerprint density at radius 2 is 0.863 bits per heavy atom. The summed E-state index contributed by atoms with van der Waals surface area (Å²) in [7, 11) is 0. The molecule has 11 rings (SSSR count). The van der Waals surface area contributed by atoms with Crippen molar-refractivity contribution in [1.82, 2.24) is 0 Å². The van der Waals surface area contributed by atoms with Crippen LogP contribution in [0.4, 0.5) is 0 Å². The quantitative estimate of drug-likeness (QED) is 0.182. The highest BCUT2D eigenvalue weighted by atomic mass is 32.1. The van der Waals surface area contributed by atoms with E-state index in [1.54, 1.807) is 0 Å². The maximum atomic E-state index is 6.88. The summed E-state index contributed by atoms with van der Waals surface area (Å²) in [5, 5.41) is 2.64. The molecule has 0 saturated carbocycles. The fraction of sp³-hybridized carbons (Fsp3) is 0.0204. The number of ether oxygens (including phenoxy) is 1. The van der Waals surface area contributed by atoms with Crippen molar-refractivity contribution >= 4 is 31.5 Å². The van der Waals surface area contributed by atoms with E-state index in [0.29, 0.717) is 0 Å². The Morgan fingerprint density at radius 3 is 1.61 bits per heavy atom. The number of rotatable bonds is 3. The van der Waals surface area contributed by atoms with E-state index in [-0.39, 0.29) is 0 Å². The second kappa shape index (κ2) is 10.9. The average molecular weight is 667 g/mol. The Labute approximate surface area is 300 Å². The Hall–Kier alpha value is -6.22. The monoisotopic (exact) mass is 666 g/mol. The highest BCUT2D eigenvalue weighted by Gasteiger charge is 2.50. The van der Waals surface area contributed by atoms with E-state index in [2.05, 4.69) is 182 Å². The molecule has 0 amide bonds. The van der Waals surface area contributed by atoms with E-state index in [0.717, 1.165) is 17.1 Å². The molecule has 0 radical (unpaired) electrons. The molecule has 9 aromatic rings. The lowest BCUT2D eigenvalue weighted by Crippen LogP contribution is -2.32. The van der Waals surface area contributed by atoms with Gasteiger partial charge >= 0.3 is 0 Å². The van der Waals surface area contributed by atoms with Crippen LogP contribution in [0.1, 0.15) is 22.3 Å². The molecule has 8 aromatic carbocycles. The van der Waals surface area contributed by atoms with Crippen molar-refractivity contribution in [2.45, 2.75) is 5.41 Å². The van der Waals surface area contributed by atoms with E-state index in [1.165, 1.54) is 81.4 Å². The molecule has 1 nitrogen and oxygen atoms in total. The summed E-state index contributed by atoms with van der Waals surface area (Å²) < 4.78 is 9.51. The molecule has 0 N–H and O–H groups in total. The van der Waals surface area contributed by atoms with Crippen molar-refractivity contribution in [3.05, 3.63) is 204 Å². The van der Waals surface area contributed by atoms with E-state index < -0.39 is 5.41 Å². The van der Waals surface area contributed by atoms with Gasteiger partial charge in [0.25, 0.3) is 0 Å². The SMILES string of the molecule is c1ccc2c(c1)Oc1cc(-c3ccccc3-c3ccccc3-c3cccc4sc5ccccc5c34)ccc1C21c2ccccc2-c2ccccc21. The second-order valence-electron chi connectivity index (χ2n) is 13.5. The van der Waals surface area contributed by atoms with E-state index in [1.807, 2.05) is 11.3 Å². The van der Waals surface area contributed by atoms with Gasteiger partial charge < -0.3 is 4.74 Å². The molecule has 1 aromatic heterocycles. The van der Waals surface area contributed by atoms with Gasteiger partial charge in [-0.2, -0.15) is 0 Å². The van der Waals surface area contributed by atoms with Crippen LogP contribution in [0.2, 0.25) is 0 Å². The first-order valence-corrected chi connectivity index (χ1v) is 18.3. The highest BCUT2D eigenvalue weighted by molar-refractivity contribution is 7.25. The molecule has 0 bridgehead atoms. The lowest BCUT2D eigenvalue weighted by molar-refractivity contribution is 0.436. The van der Waals surface area contributed by atoms with Gasteiger partial charge in [-0.25, -0.2) is 0 Å². The molecule has 238 valence electrons. The molecule has 1 aliphatic heterocycles. The van der Waals surface area contributed by atoms with E-state index in [9.17, 15) is 0 Å². The van der Waals surface area contributed by atoms with Crippen molar-refractivity contribution in [2.75, 3.05) is 0 Å². The third-order valence-electron chi connectivity index (χ3n) is 11.0. The van der Waals surface area contributed by atoms with Gasteiger partial charge in [0.05, 0.1) is 5.41 Å². The Kier molecular flexibility index (Phi) is 6.11. The lowest BCUT2D eigenvalue weighted by Gasteiger charge is -2.39. The molecular weight excluding hydrogens is 637 g/mol. The first-order chi connectivity index (χ1) is 25.3. The molecule has 0 atom stereocenters. The van der Waals surface area contributed by atoms with Crippen molar-refractivity contribution in [3.8, 4) is 56.0 Å². The zero-order valence-electron chi connectivity index (χ0n) is 27.6. The standard InChI is InChI=1S/C49H30OS/c1-2-15-33(34-16-3-4-17-35(34)38-21-13-27-47-48(38)39-20-7-12-26-46(39)51-47)32(14-1)31-28-29-43-45(30-31)50-44-25-11-10-24-42(44)49(43)40-22-8-5-18-36(40)37-19-6-9-23-41(37)49/h1-30H. The predicted octanol–water partition coefficient (Wildman–Crippen LogP) is 13.5. The van der Waals surface area contributed by atoms with Crippen LogP contribution in [0.5, 0.6) is 11.5 Å². The van der Waals surface area contributed by atoms with Crippen LogP contribution in [0.15, 0.2) is 182 Å². The van der Waals surface area contributed by atoms with Gasteiger partial charge in [-0.3, -0.25) is 0 Å². The van der Waals surface area contributed by atoms with Gasteiger partial charge in [-0.05, 0) is 79.9 Å². The maximum Gasteiger partial charge on any atom is 0.132 e. The van der Waals surface area contributed by atoms with Crippen LogP contribution in [-0.2, 0) is 5.41 Å². The minimum atomic E-state index is -0.468. The number of para-hydroxylation sites is 1. The van der Waals surface area contributed by atoms with Crippen LogP contribution < -0.4 is 4.74 Å². The summed E-state index contributed by atoms with van der Waals surface area (Å²) >= 11 is 1.87. The number of thiophene rings is 1. The second-order valence-corrected chi connectivity index (χ2v) is 14.6. The highest BCUT2D eigenvalue weighted by Crippen LogP contribution is 2.62. The number of hydrogen-bond donors (Lipinski definition) is 0. The fourth-order valence-corrected chi connectivity index (χ4v) is 10.1. The summed E-state index contributed by atoms with van der Waals surface area (Å²) in [5.41, 5.74) is 14.3. The number of fused-ring (bicyclic) bond motifs is 12. The van der Waals surface area contributed by atoms with Gasteiger partial charge in [0.15, 0.2) is 0 Å². The van der Waals surface area contributed by atoms with Gasteiger partial charge in [0.1, 0.15) is 11.5 Å². The molecule has 2 heterocycles. The molecule has 0 fully saturated rings. The molecule has 2 heteroatoms. The first-order valence-electron chi connectivity index (χ1n) is 17.5. The van der Waals surface area contributed by atoms with Gasteiger partial charge in [0, 0.05) is 31.3 Å². The molecular formula is C49H30OS. The first kappa shape index (κ1) is 28.6. The van der Waals surface area contributed by atoms with Crippen LogP contribution in [-0.4, -0.2) is 0 Å². The molecule has 1 spiro atoms. The summed E-state index contributed by atoms with van der Waals surface area (Å²) in [5.74, 6) is 1.80. The molecule has 1 aliphatic carbocycles. The fourth-order valence-electron chi connectivity index (χ4n) is 8.95. The van der Waals surface area contributed by atoms with Crippen molar-refractivity contribution < 1.29 is 4.74 Å². The third kappa shape index (κ3) is 3.97. The minimum absolute atomic E-state index is 0.468.